The Morgan fingerprint density at radius 1 is 0.857 bits per heavy atom. The quantitative estimate of drug-likeness (QED) is 0.612. The SMILES string of the molecule is BC(C)(C)c1cccc(C(B)(C)C)c1. The zero-order valence-corrected chi connectivity index (χ0v) is 10.3. The van der Waals surface area contributed by atoms with E-state index in [1.807, 2.05) is 0 Å². The van der Waals surface area contributed by atoms with Crippen LogP contribution in [0.25, 0.3) is 0 Å². The summed E-state index contributed by atoms with van der Waals surface area (Å²) in [6.45, 7) is 9.03. The van der Waals surface area contributed by atoms with Crippen molar-refractivity contribution in [2.75, 3.05) is 0 Å². The average molecular weight is 186 g/mol. The molecule has 74 valence electrons. The van der Waals surface area contributed by atoms with Crippen molar-refractivity contribution in [3.8, 4) is 0 Å². The van der Waals surface area contributed by atoms with Gasteiger partial charge in [-0.15, -0.1) is 0 Å². The van der Waals surface area contributed by atoms with Gasteiger partial charge in [0.15, 0.2) is 0 Å². The van der Waals surface area contributed by atoms with Gasteiger partial charge in [-0.1, -0.05) is 63.1 Å². The lowest BCUT2D eigenvalue weighted by Gasteiger charge is -2.24. The third-order valence-corrected chi connectivity index (χ3v) is 2.59. The van der Waals surface area contributed by atoms with Gasteiger partial charge in [-0.25, -0.2) is 0 Å². The molecule has 0 bridgehead atoms. The van der Waals surface area contributed by atoms with Crippen molar-refractivity contribution in [2.45, 2.75) is 38.3 Å². The summed E-state index contributed by atoms with van der Waals surface area (Å²) in [6, 6.07) is 8.94. The van der Waals surface area contributed by atoms with Crippen LogP contribution in [-0.2, 0) is 10.6 Å². The lowest BCUT2D eigenvalue weighted by atomic mass is 9.63. The van der Waals surface area contributed by atoms with Crippen LogP contribution in [0.2, 0.25) is 0 Å². The van der Waals surface area contributed by atoms with Crippen molar-refractivity contribution in [2.24, 2.45) is 0 Å². The van der Waals surface area contributed by atoms with Crippen LogP contribution < -0.4 is 0 Å². The fourth-order valence-corrected chi connectivity index (χ4v) is 1.45. The minimum Gasteiger partial charge on any atom is -0.0632 e. The van der Waals surface area contributed by atoms with E-state index in [0.717, 1.165) is 0 Å². The maximum Gasteiger partial charge on any atom is 0.114 e. The summed E-state index contributed by atoms with van der Waals surface area (Å²) in [7, 11) is 4.52. The zero-order valence-electron chi connectivity index (χ0n) is 10.3. The van der Waals surface area contributed by atoms with Crippen molar-refractivity contribution in [1.82, 2.24) is 0 Å². The molecule has 1 rings (SSSR count). The van der Waals surface area contributed by atoms with E-state index in [1.54, 1.807) is 0 Å². The first-order chi connectivity index (χ1) is 6.21. The Bertz CT molecular complexity index is 287. The van der Waals surface area contributed by atoms with Crippen LogP contribution in [0.1, 0.15) is 38.8 Å². The molecule has 0 radical (unpaired) electrons. The Balaban J connectivity index is 3.15. The maximum atomic E-state index is 2.33. The summed E-state index contributed by atoms with van der Waals surface area (Å²) in [5, 5.41) is 0.502. The molecule has 0 amide bonds. The summed E-state index contributed by atoms with van der Waals surface area (Å²) in [4.78, 5) is 0. The first-order valence-electron chi connectivity index (χ1n) is 5.32. The van der Waals surface area contributed by atoms with Gasteiger partial charge in [-0.05, 0) is 10.6 Å². The topological polar surface area (TPSA) is 0 Å². The molecule has 0 heterocycles. The molecule has 0 aliphatic rings. The third kappa shape index (κ3) is 2.67. The fourth-order valence-electron chi connectivity index (χ4n) is 1.45. The normalized spacial score (nSPS) is 12.9. The fraction of sp³-hybridized carbons (Fsp3) is 0.500. The molecule has 0 spiro atoms. The summed E-state index contributed by atoms with van der Waals surface area (Å²) in [6.07, 6.45) is 0. The van der Waals surface area contributed by atoms with Crippen LogP contribution >= 0.6 is 0 Å². The van der Waals surface area contributed by atoms with Crippen LogP contribution in [0.4, 0.5) is 0 Å². The van der Waals surface area contributed by atoms with Gasteiger partial charge < -0.3 is 0 Å². The van der Waals surface area contributed by atoms with Crippen molar-refractivity contribution in [1.29, 1.82) is 0 Å². The molecule has 0 N–H and O–H groups in total. The molecule has 0 atom stereocenters. The number of benzene rings is 1. The lowest BCUT2D eigenvalue weighted by Crippen LogP contribution is -2.20. The van der Waals surface area contributed by atoms with E-state index in [1.165, 1.54) is 11.1 Å². The first kappa shape index (κ1) is 11.4. The van der Waals surface area contributed by atoms with E-state index >= 15 is 0 Å². The Hall–Kier alpha value is -0.650. The highest BCUT2D eigenvalue weighted by Gasteiger charge is 2.18. The van der Waals surface area contributed by atoms with Crippen LogP contribution in [-0.4, -0.2) is 15.7 Å². The molecule has 0 aliphatic heterocycles. The van der Waals surface area contributed by atoms with Gasteiger partial charge in [-0.3, -0.25) is 0 Å². The predicted octanol–water partition coefficient (Wildman–Crippen LogP) is 1.42. The van der Waals surface area contributed by atoms with Gasteiger partial charge in [0, 0.05) is 0 Å². The monoisotopic (exact) mass is 186 g/mol. The lowest BCUT2D eigenvalue weighted by molar-refractivity contribution is 0.735. The molecule has 0 saturated carbocycles. The second-order valence-electron chi connectivity index (χ2n) is 6.08. The molecule has 0 nitrogen and oxygen atoms in total. The van der Waals surface area contributed by atoms with Crippen LogP contribution in [0.15, 0.2) is 24.3 Å². The van der Waals surface area contributed by atoms with Gasteiger partial charge in [0.2, 0.25) is 0 Å². The van der Waals surface area contributed by atoms with Crippen molar-refractivity contribution >= 4 is 15.7 Å². The van der Waals surface area contributed by atoms with E-state index in [2.05, 4.69) is 67.7 Å². The highest BCUT2D eigenvalue weighted by Crippen LogP contribution is 2.25. The first-order valence-corrected chi connectivity index (χ1v) is 5.32. The Kier molecular flexibility index (Phi) is 2.85. The summed E-state index contributed by atoms with van der Waals surface area (Å²) < 4.78 is 0. The molecule has 0 aliphatic carbocycles. The van der Waals surface area contributed by atoms with Crippen molar-refractivity contribution in [3.63, 3.8) is 0 Å². The minimum atomic E-state index is 0.251. The smallest absolute Gasteiger partial charge is 0.0632 e. The van der Waals surface area contributed by atoms with Crippen molar-refractivity contribution < 1.29 is 0 Å². The van der Waals surface area contributed by atoms with Crippen LogP contribution in [0.5, 0.6) is 0 Å². The highest BCUT2D eigenvalue weighted by molar-refractivity contribution is 6.16. The molecule has 0 unspecified atom stereocenters. The number of rotatable bonds is 2. The standard InChI is InChI=1S/C12H20B2/c1-11(2,13)9-6-5-7-10(8-9)12(3,4)14/h5-8H,13-14H2,1-4H3. The van der Waals surface area contributed by atoms with Crippen LogP contribution in [0.3, 0.4) is 0 Å². The Morgan fingerprint density at radius 3 is 1.50 bits per heavy atom. The molecule has 2 heteroatoms. The predicted molar refractivity (Wildman–Crippen MR) is 69.6 cm³/mol. The Labute approximate surface area is 89.9 Å². The molecule has 1 aromatic carbocycles. The molecule has 0 saturated heterocycles. The summed E-state index contributed by atoms with van der Waals surface area (Å²) in [5.41, 5.74) is 2.84. The van der Waals surface area contributed by atoms with Crippen molar-refractivity contribution in [3.05, 3.63) is 35.4 Å². The van der Waals surface area contributed by atoms with Gasteiger partial charge in [0.05, 0.1) is 0 Å². The molecular weight excluding hydrogens is 166 g/mol. The zero-order chi connectivity index (χ0) is 11.0. The highest BCUT2D eigenvalue weighted by atomic mass is 14.2. The van der Waals surface area contributed by atoms with E-state index in [0.29, 0.717) is 0 Å². The summed E-state index contributed by atoms with van der Waals surface area (Å²) >= 11 is 0. The number of hydrogen-bond acceptors (Lipinski definition) is 0. The molecule has 14 heavy (non-hydrogen) atoms. The second-order valence-corrected chi connectivity index (χ2v) is 6.08. The molecule has 0 aromatic heterocycles. The second kappa shape index (κ2) is 3.49. The van der Waals surface area contributed by atoms with Gasteiger partial charge in [0.25, 0.3) is 0 Å². The number of hydrogen-bond donors (Lipinski definition) is 0. The Morgan fingerprint density at radius 2 is 1.21 bits per heavy atom. The summed E-state index contributed by atoms with van der Waals surface area (Å²) in [5.74, 6) is 0. The van der Waals surface area contributed by atoms with E-state index in [-0.39, 0.29) is 10.6 Å². The largest absolute Gasteiger partial charge is 0.114 e. The van der Waals surface area contributed by atoms with E-state index in [4.69, 9.17) is 0 Å². The molecular formula is C12H20B2. The third-order valence-electron chi connectivity index (χ3n) is 2.59. The van der Waals surface area contributed by atoms with Gasteiger partial charge in [-0.2, -0.15) is 0 Å². The van der Waals surface area contributed by atoms with E-state index in [9.17, 15) is 0 Å². The van der Waals surface area contributed by atoms with E-state index < -0.39 is 0 Å². The van der Waals surface area contributed by atoms with Crippen LogP contribution in [0, 0.1) is 0 Å². The minimum absolute atomic E-state index is 0.251. The molecule has 1 aromatic rings. The van der Waals surface area contributed by atoms with Gasteiger partial charge in [0.1, 0.15) is 15.7 Å². The maximum absolute atomic E-state index is 2.33. The molecule has 0 fully saturated rings. The average Bonchev–Trinajstić information content (AvgIpc) is 2.01. The van der Waals surface area contributed by atoms with Gasteiger partial charge >= 0.3 is 0 Å².